The van der Waals surface area contributed by atoms with Crippen molar-refractivity contribution in [1.82, 2.24) is 4.90 Å². The lowest BCUT2D eigenvalue weighted by molar-refractivity contribution is -0.132. The molecule has 0 saturated heterocycles. The van der Waals surface area contributed by atoms with Crippen molar-refractivity contribution in [3.8, 4) is 0 Å². The second kappa shape index (κ2) is 6.65. The molecule has 4 heteroatoms. The van der Waals surface area contributed by atoms with Gasteiger partial charge in [0.2, 0.25) is 5.91 Å². The molecule has 2 aromatic rings. The first-order valence-corrected chi connectivity index (χ1v) is 7.80. The summed E-state index contributed by atoms with van der Waals surface area (Å²) in [5.74, 6) is -0.805. The van der Waals surface area contributed by atoms with E-state index in [9.17, 15) is 9.59 Å². The number of carboxylic acids is 1. The van der Waals surface area contributed by atoms with Gasteiger partial charge in [0, 0.05) is 19.5 Å². The standard InChI is InChI=1S/C19H19NO3/c21-18(9-6-14-4-2-1-3-5-14)20-11-10-15-7-8-16(19(22)23)12-17(15)13-20/h1-5,7-8,12H,6,9-11,13H2,(H,22,23). The number of benzene rings is 2. The quantitative estimate of drug-likeness (QED) is 0.945. The van der Waals surface area contributed by atoms with Crippen LogP contribution in [0.5, 0.6) is 0 Å². The number of fused-ring (bicyclic) bond motifs is 1. The molecule has 2 aromatic carbocycles. The van der Waals surface area contributed by atoms with E-state index in [0.29, 0.717) is 19.5 Å². The number of nitrogens with zero attached hydrogens (tertiary/aromatic N) is 1. The normalized spacial score (nSPS) is 13.5. The van der Waals surface area contributed by atoms with E-state index in [2.05, 4.69) is 0 Å². The van der Waals surface area contributed by atoms with Crippen LogP contribution in [-0.4, -0.2) is 28.4 Å². The van der Waals surface area contributed by atoms with Crippen LogP contribution in [0.1, 0.15) is 33.5 Å². The highest BCUT2D eigenvalue weighted by atomic mass is 16.4. The van der Waals surface area contributed by atoms with Gasteiger partial charge in [0.1, 0.15) is 0 Å². The van der Waals surface area contributed by atoms with Gasteiger partial charge in [0.15, 0.2) is 0 Å². The number of hydrogen-bond acceptors (Lipinski definition) is 2. The Morgan fingerprint density at radius 1 is 1.04 bits per heavy atom. The Morgan fingerprint density at radius 3 is 2.57 bits per heavy atom. The third kappa shape index (κ3) is 3.59. The van der Waals surface area contributed by atoms with Gasteiger partial charge in [-0.15, -0.1) is 0 Å². The van der Waals surface area contributed by atoms with E-state index in [1.807, 2.05) is 41.3 Å². The van der Waals surface area contributed by atoms with Gasteiger partial charge in [-0.25, -0.2) is 4.79 Å². The third-order valence-corrected chi connectivity index (χ3v) is 4.29. The Labute approximate surface area is 135 Å². The van der Waals surface area contributed by atoms with Crippen LogP contribution in [0.2, 0.25) is 0 Å². The van der Waals surface area contributed by atoms with E-state index in [-0.39, 0.29) is 11.5 Å². The van der Waals surface area contributed by atoms with Crippen molar-refractivity contribution in [1.29, 1.82) is 0 Å². The van der Waals surface area contributed by atoms with Crippen molar-refractivity contribution in [3.05, 3.63) is 70.8 Å². The molecule has 4 nitrogen and oxygen atoms in total. The first-order valence-electron chi connectivity index (χ1n) is 7.80. The first-order chi connectivity index (χ1) is 11.1. The van der Waals surface area contributed by atoms with Crippen LogP contribution in [0.15, 0.2) is 48.5 Å². The minimum Gasteiger partial charge on any atom is -0.478 e. The Bertz CT molecular complexity index is 725. The molecule has 1 N–H and O–H groups in total. The minimum absolute atomic E-state index is 0.125. The van der Waals surface area contributed by atoms with Crippen LogP contribution >= 0.6 is 0 Å². The van der Waals surface area contributed by atoms with Crippen LogP contribution in [0, 0.1) is 0 Å². The number of aromatic carboxylic acids is 1. The first kappa shape index (κ1) is 15.3. The zero-order chi connectivity index (χ0) is 16.2. The number of carboxylic acid groups (broad SMARTS) is 1. The van der Waals surface area contributed by atoms with E-state index in [1.54, 1.807) is 12.1 Å². The predicted octanol–water partition coefficient (Wildman–Crippen LogP) is 2.90. The Hall–Kier alpha value is -2.62. The van der Waals surface area contributed by atoms with Crippen LogP contribution in [0.25, 0.3) is 0 Å². The lowest BCUT2D eigenvalue weighted by Gasteiger charge is -2.29. The van der Waals surface area contributed by atoms with E-state index in [1.165, 1.54) is 0 Å². The van der Waals surface area contributed by atoms with Gasteiger partial charge in [-0.3, -0.25) is 4.79 Å². The van der Waals surface area contributed by atoms with Crippen LogP contribution in [-0.2, 0) is 24.2 Å². The molecule has 0 aliphatic carbocycles. The van der Waals surface area contributed by atoms with Crippen LogP contribution in [0.3, 0.4) is 0 Å². The molecular weight excluding hydrogens is 290 g/mol. The number of carbonyl (C=O) groups is 2. The molecule has 0 aromatic heterocycles. The van der Waals surface area contributed by atoms with E-state index in [4.69, 9.17) is 5.11 Å². The van der Waals surface area contributed by atoms with Crippen LogP contribution in [0.4, 0.5) is 0 Å². The Balaban J connectivity index is 1.65. The van der Waals surface area contributed by atoms with Gasteiger partial charge >= 0.3 is 5.97 Å². The molecule has 1 aliphatic heterocycles. The average molecular weight is 309 g/mol. The van der Waals surface area contributed by atoms with Crippen molar-refractivity contribution < 1.29 is 14.7 Å². The summed E-state index contributed by atoms with van der Waals surface area (Å²) in [4.78, 5) is 25.3. The number of hydrogen-bond donors (Lipinski definition) is 1. The maximum absolute atomic E-state index is 12.4. The van der Waals surface area contributed by atoms with Crippen molar-refractivity contribution >= 4 is 11.9 Å². The SMILES string of the molecule is O=C(O)c1ccc2c(c1)CN(C(=O)CCc1ccccc1)CC2. The molecule has 1 heterocycles. The van der Waals surface area contributed by atoms with E-state index >= 15 is 0 Å². The molecule has 0 radical (unpaired) electrons. The minimum atomic E-state index is -0.930. The maximum Gasteiger partial charge on any atom is 0.335 e. The summed E-state index contributed by atoms with van der Waals surface area (Å²) < 4.78 is 0. The number of aryl methyl sites for hydroxylation is 1. The molecule has 3 rings (SSSR count). The van der Waals surface area contributed by atoms with Crippen LogP contribution < -0.4 is 0 Å². The molecule has 1 amide bonds. The molecular formula is C19H19NO3. The summed E-state index contributed by atoms with van der Waals surface area (Å²) >= 11 is 0. The molecule has 118 valence electrons. The Kier molecular flexibility index (Phi) is 4.42. The molecule has 0 bridgehead atoms. The lowest BCUT2D eigenvalue weighted by atomic mass is 9.97. The third-order valence-electron chi connectivity index (χ3n) is 4.29. The molecule has 0 fully saturated rings. The number of amides is 1. The Morgan fingerprint density at radius 2 is 1.83 bits per heavy atom. The van der Waals surface area contributed by atoms with Crippen molar-refractivity contribution in [2.75, 3.05) is 6.54 Å². The summed E-state index contributed by atoms with van der Waals surface area (Å²) in [6.45, 7) is 1.21. The summed E-state index contributed by atoms with van der Waals surface area (Å²) in [6, 6.07) is 15.2. The van der Waals surface area contributed by atoms with Gasteiger partial charge in [-0.1, -0.05) is 36.4 Å². The highest BCUT2D eigenvalue weighted by molar-refractivity contribution is 5.88. The average Bonchev–Trinajstić information content (AvgIpc) is 2.59. The molecule has 23 heavy (non-hydrogen) atoms. The molecule has 0 atom stereocenters. The van der Waals surface area contributed by atoms with Crippen molar-refractivity contribution in [2.45, 2.75) is 25.8 Å². The zero-order valence-corrected chi connectivity index (χ0v) is 12.9. The maximum atomic E-state index is 12.4. The van der Waals surface area contributed by atoms with Crippen molar-refractivity contribution in [3.63, 3.8) is 0 Å². The second-order valence-electron chi connectivity index (χ2n) is 5.84. The number of rotatable bonds is 4. The van der Waals surface area contributed by atoms with E-state index in [0.717, 1.165) is 29.5 Å². The van der Waals surface area contributed by atoms with Gasteiger partial charge < -0.3 is 10.0 Å². The van der Waals surface area contributed by atoms with Gasteiger partial charge in [-0.05, 0) is 41.7 Å². The largest absolute Gasteiger partial charge is 0.478 e. The summed E-state index contributed by atoms with van der Waals surface area (Å²) in [7, 11) is 0. The van der Waals surface area contributed by atoms with Crippen molar-refractivity contribution in [2.24, 2.45) is 0 Å². The second-order valence-corrected chi connectivity index (χ2v) is 5.84. The van der Waals surface area contributed by atoms with Gasteiger partial charge in [-0.2, -0.15) is 0 Å². The summed E-state index contributed by atoms with van der Waals surface area (Å²) in [5.41, 5.74) is 3.53. The molecule has 0 unspecified atom stereocenters. The van der Waals surface area contributed by atoms with Gasteiger partial charge in [0.05, 0.1) is 5.56 Å². The molecule has 0 spiro atoms. The fourth-order valence-corrected chi connectivity index (χ4v) is 2.96. The molecule has 0 saturated carbocycles. The smallest absolute Gasteiger partial charge is 0.335 e. The fraction of sp³-hybridized carbons (Fsp3) is 0.263. The predicted molar refractivity (Wildman–Crippen MR) is 87.3 cm³/mol. The monoisotopic (exact) mass is 309 g/mol. The molecule has 1 aliphatic rings. The highest BCUT2D eigenvalue weighted by Crippen LogP contribution is 2.21. The lowest BCUT2D eigenvalue weighted by Crippen LogP contribution is -2.36. The summed E-state index contributed by atoms with van der Waals surface area (Å²) in [5, 5.41) is 9.09. The zero-order valence-electron chi connectivity index (χ0n) is 12.9. The topological polar surface area (TPSA) is 57.6 Å². The van der Waals surface area contributed by atoms with E-state index < -0.39 is 5.97 Å². The fourth-order valence-electron chi connectivity index (χ4n) is 2.96. The number of carbonyl (C=O) groups excluding carboxylic acids is 1. The van der Waals surface area contributed by atoms with Gasteiger partial charge in [0.25, 0.3) is 0 Å². The summed E-state index contributed by atoms with van der Waals surface area (Å²) in [6.07, 6.45) is 2.00. The highest BCUT2D eigenvalue weighted by Gasteiger charge is 2.21.